The molecular formula is C47H33IrN3-2. The fourth-order valence-electron chi connectivity index (χ4n) is 7.44. The van der Waals surface area contributed by atoms with Crippen molar-refractivity contribution in [1.29, 1.82) is 0 Å². The second-order valence-electron chi connectivity index (χ2n) is 13.3. The van der Waals surface area contributed by atoms with Crippen molar-refractivity contribution in [2.75, 3.05) is 0 Å². The number of nitrogens with zero attached hydrogens (tertiary/aromatic N) is 3. The Morgan fingerprint density at radius 1 is 0.549 bits per heavy atom. The first-order valence-electron chi connectivity index (χ1n) is 17.0. The standard InChI is InChI=1S/C24H18N.C23H15N2.Ir/c1-24(2)20-9-5-4-8-18(20)19-13-11-17(15-21(19)24)23-14-12-16-7-3-6-10-22(16)25-23;1-3-10-22-19(7-1)20-8-2-4-11-23(20)25(22)18-14-12-17(13-15-18)21-9-5-6-16-24-21;/h3-10,12-15H,1-2H3;1-12,14-16H;/q2*-1;. The van der Waals surface area contributed by atoms with E-state index in [-0.39, 0.29) is 25.5 Å². The Balaban J connectivity index is 0.000000144. The van der Waals surface area contributed by atoms with Crippen LogP contribution in [0, 0.1) is 12.1 Å². The molecule has 0 unspecified atom stereocenters. The fourth-order valence-corrected chi connectivity index (χ4v) is 7.44. The maximum atomic E-state index is 4.84. The van der Waals surface area contributed by atoms with Crippen LogP contribution in [0.25, 0.3) is 72.0 Å². The van der Waals surface area contributed by atoms with E-state index < -0.39 is 0 Å². The van der Waals surface area contributed by atoms with Crippen LogP contribution in [0.4, 0.5) is 0 Å². The molecule has 0 spiro atoms. The number of pyridine rings is 2. The molecule has 0 fully saturated rings. The van der Waals surface area contributed by atoms with Gasteiger partial charge in [-0.1, -0.05) is 128 Å². The SMILES string of the molecule is CC1(C)c2ccccc2-c2c[c-]c(-c3ccc4ccccc4n3)cc21.[Ir].[c-]1cc(-n2c3ccccc3c3ccccc32)ccc1-c1ccccn1. The quantitative estimate of drug-likeness (QED) is 0.166. The summed E-state index contributed by atoms with van der Waals surface area (Å²) in [5.41, 5.74) is 13.9. The van der Waals surface area contributed by atoms with Gasteiger partial charge in [0, 0.05) is 48.1 Å². The number of benzene rings is 6. The second-order valence-corrected chi connectivity index (χ2v) is 13.3. The molecule has 3 nitrogen and oxygen atoms in total. The van der Waals surface area contributed by atoms with Gasteiger partial charge in [0.25, 0.3) is 0 Å². The van der Waals surface area contributed by atoms with Gasteiger partial charge in [-0.15, -0.1) is 59.2 Å². The molecule has 0 amide bonds. The van der Waals surface area contributed by atoms with Crippen molar-refractivity contribution in [1.82, 2.24) is 14.5 Å². The molecule has 3 heterocycles. The van der Waals surface area contributed by atoms with Gasteiger partial charge in [-0.3, -0.25) is 4.98 Å². The van der Waals surface area contributed by atoms with E-state index in [0.29, 0.717) is 0 Å². The van der Waals surface area contributed by atoms with Crippen molar-refractivity contribution in [2.24, 2.45) is 0 Å². The summed E-state index contributed by atoms with van der Waals surface area (Å²) in [6.45, 7) is 4.60. The molecule has 1 aliphatic carbocycles. The van der Waals surface area contributed by atoms with Crippen LogP contribution in [0.5, 0.6) is 0 Å². The number of hydrogen-bond acceptors (Lipinski definition) is 2. The molecule has 0 atom stereocenters. The molecule has 0 saturated heterocycles. The van der Waals surface area contributed by atoms with Gasteiger partial charge in [0.15, 0.2) is 0 Å². The maximum absolute atomic E-state index is 4.84. The molecular weight excluding hydrogens is 799 g/mol. The molecule has 6 aromatic carbocycles. The van der Waals surface area contributed by atoms with E-state index >= 15 is 0 Å². The average molecular weight is 832 g/mol. The molecule has 9 aromatic rings. The predicted molar refractivity (Wildman–Crippen MR) is 206 cm³/mol. The normalized spacial score (nSPS) is 12.5. The zero-order valence-corrected chi connectivity index (χ0v) is 30.7. The van der Waals surface area contributed by atoms with E-state index in [1.165, 1.54) is 49.4 Å². The molecule has 0 saturated carbocycles. The Bertz CT molecular complexity index is 2620. The van der Waals surface area contributed by atoms with Crippen molar-refractivity contribution >= 4 is 32.7 Å². The number of rotatable bonds is 3. The summed E-state index contributed by atoms with van der Waals surface area (Å²) in [7, 11) is 0. The largest absolute Gasteiger partial charge is 0.351 e. The molecule has 1 radical (unpaired) electrons. The molecule has 51 heavy (non-hydrogen) atoms. The Hall–Kier alpha value is -5.67. The molecule has 0 aliphatic heterocycles. The molecule has 247 valence electrons. The van der Waals surface area contributed by atoms with Crippen LogP contribution in [0.1, 0.15) is 25.0 Å². The first-order valence-corrected chi connectivity index (χ1v) is 17.0. The van der Waals surface area contributed by atoms with Crippen LogP contribution in [-0.4, -0.2) is 14.5 Å². The first kappa shape index (κ1) is 32.5. The topological polar surface area (TPSA) is 30.7 Å². The van der Waals surface area contributed by atoms with E-state index in [1.807, 2.05) is 42.6 Å². The Morgan fingerprint density at radius 3 is 1.98 bits per heavy atom. The van der Waals surface area contributed by atoms with Gasteiger partial charge in [-0.25, -0.2) is 0 Å². The van der Waals surface area contributed by atoms with Crippen molar-refractivity contribution in [2.45, 2.75) is 19.3 Å². The van der Waals surface area contributed by atoms with E-state index in [1.54, 1.807) is 0 Å². The van der Waals surface area contributed by atoms with Gasteiger partial charge in [0.2, 0.25) is 0 Å². The molecule has 0 N–H and O–H groups in total. The third kappa shape index (κ3) is 5.67. The third-order valence-corrected chi connectivity index (χ3v) is 9.96. The summed E-state index contributed by atoms with van der Waals surface area (Å²) in [6.07, 6.45) is 1.81. The van der Waals surface area contributed by atoms with Crippen molar-refractivity contribution in [3.63, 3.8) is 0 Å². The minimum Gasteiger partial charge on any atom is -0.351 e. The Morgan fingerprint density at radius 2 is 1.24 bits per heavy atom. The van der Waals surface area contributed by atoms with Gasteiger partial charge < -0.3 is 9.55 Å². The smallest absolute Gasteiger partial charge is 0.0595 e. The second kappa shape index (κ2) is 13.2. The van der Waals surface area contributed by atoms with Crippen LogP contribution in [0.3, 0.4) is 0 Å². The van der Waals surface area contributed by atoms with Crippen LogP contribution >= 0.6 is 0 Å². The number of fused-ring (bicyclic) bond motifs is 7. The van der Waals surface area contributed by atoms with E-state index in [4.69, 9.17) is 4.98 Å². The monoisotopic (exact) mass is 832 g/mol. The van der Waals surface area contributed by atoms with Crippen LogP contribution in [-0.2, 0) is 25.5 Å². The molecule has 4 heteroatoms. The van der Waals surface area contributed by atoms with Crippen LogP contribution in [0.2, 0.25) is 0 Å². The molecule has 10 rings (SSSR count). The third-order valence-electron chi connectivity index (χ3n) is 9.96. The van der Waals surface area contributed by atoms with Gasteiger partial charge in [0.05, 0.1) is 5.52 Å². The predicted octanol–water partition coefficient (Wildman–Crippen LogP) is 11.7. The minimum atomic E-state index is 0. The zero-order valence-electron chi connectivity index (χ0n) is 28.3. The maximum Gasteiger partial charge on any atom is 0.0595 e. The number of hydrogen-bond donors (Lipinski definition) is 0. The van der Waals surface area contributed by atoms with Crippen molar-refractivity contribution in [3.8, 4) is 39.3 Å². The Labute approximate surface area is 311 Å². The summed E-state index contributed by atoms with van der Waals surface area (Å²) >= 11 is 0. The van der Waals surface area contributed by atoms with E-state index in [2.05, 4.69) is 157 Å². The number of aromatic nitrogens is 3. The number of para-hydroxylation sites is 3. The van der Waals surface area contributed by atoms with Gasteiger partial charge in [-0.2, -0.15) is 0 Å². The molecule has 1 aliphatic rings. The van der Waals surface area contributed by atoms with E-state index in [0.717, 1.165) is 33.7 Å². The van der Waals surface area contributed by atoms with E-state index in [9.17, 15) is 0 Å². The fraction of sp³-hybridized carbons (Fsp3) is 0.0638. The van der Waals surface area contributed by atoms with Crippen molar-refractivity contribution < 1.29 is 20.1 Å². The molecule has 0 bridgehead atoms. The van der Waals surface area contributed by atoms with Gasteiger partial charge in [-0.05, 0) is 57.7 Å². The summed E-state index contributed by atoms with van der Waals surface area (Å²) in [6, 6.07) is 61.7. The zero-order chi connectivity index (χ0) is 33.7. The summed E-state index contributed by atoms with van der Waals surface area (Å²) < 4.78 is 2.30. The van der Waals surface area contributed by atoms with Crippen molar-refractivity contribution in [3.05, 3.63) is 187 Å². The average Bonchev–Trinajstić information content (AvgIpc) is 3.64. The Kier molecular flexibility index (Phi) is 8.44. The first-order chi connectivity index (χ1) is 24.6. The van der Waals surface area contributed by atoms with Gasteiger partial charge >= 0.3 is 0 Å². The van der Waals surface area contributed by atoms with Crippen LogP contribution in [0.15, 0.2) is 164 Å². The summed E-state index contributed by atoms with van der Waals surface area (Å²) in [4.78, 5) is 9.24. The van der Waals surface area contributed by atoms with Gasteiger partial charge in [0.1, 0.15) is 0 Å². The minimum absolute atomic E-state index is 0. The molecule has 3 aromatic heterocycles. The van der Waals surface area contributed by atoms with Crippen LogP contribution < -0.4 is 0 Å². The summed E-state index contributed by atoms with van der Waals surface area (Å²) in [5, 5.41) is 3.71. The summed E-state index contributed by atoms with van der Waals surface area (Å²) in [5.74, 6) is 0.